The third-order valence-corrected chi connectivity index (χ3v) is 2.93. The van der Waals surface area contributed by atoms with Crippen LogP contribution in [-0.4, -0.2) is 21.3 Å². The third-order valence-electron chi connectivity index (χ3n) is 2.93. The van der Waals surface area contributed by atoms with Gasteiger partial charge in [0.05, 0.1) is 17.3 Å². The van der Waals surface area contributed by atoms with Crippen molar-refractivity contribution in [3.05, 3.63) is 47.1 Å². The molecule has 0 radical (unpaired) electrons. The van der Waals surface area contributed by atoms with E-state index in [-0.39, 0.29) is 28.7 Å². The standard InChI is InChI=1S/C16H15F3N2O2/c1-9(2)6-11(16(17,18)19)7-13-10(3)23-15(21-13)12-4-5-20-8-14(12)22/h4-8,22H,1-3H3/b11-7+. The molecule has 2 rings (SSSR count). The van der Waals surface area contributed by atoms with Gasteiger partial charge in [0.2, 0.25) is 5.89 Å². The van der Waals surface area contributed by atoms with E-state index in [9.17, 15) is 18.3 Å². The lowest BCUT2D eigenvalue weighted by molar-refractivity contribution is -0.0873. The van der Waals surface area contributed by atoms with Crippen LogP contribution in [0.4, 0.5) is 13.2 Å². The first kappa shape index (κ1) is 16.8. The monoisotopic (exact) mass is 324 g/mol. The predicted octanol–water partition coefficient (Wildman–Crippen LogP) is 4.66. The molecule has 0 aromatic carbocycles. The van der Waals surface area contributed by atoms with E-state index in [0.717, 1.165) is 12.2 Å². The van der Waals surface area contributed by atoms with Gasteiger partial charge in [-0.15, -0.1) is 0 Å². The van der Waals surface area contributed by atoms with Crippen LogP contribution in [0.3, 0.4) is 0 Å². The SMILES string of the molecule is CC(C)=C/C(=C\c1nc(-c2ccncc2O)oc1C)C(F)(F)F. The molecule has 0 atom stereocenters. The molecule has 0 amide bonds. The minimum atomic E-state index is -4.50. The molecule has 2 heterocycles. The Morgan fingerprint density at radius 3 is 2.57 bits per heavy atom. The van der Waals surface area contributed by atoms with Crippen molar-refractivity contribution in [3.63, 3.8) is 0 Å². The van der Waals surface area contributed by atoms with Crippen LogP contribution < -0.4 is 0 Å². The molecule has 0 aliphatic carbocycles. The van der Waals surface area contributed by atoms with Crippen molar-refractivity contribution in [2.75, 3.05) is 0 Å². The van der Waals surface area contributed by atoms with E-state index in [0.29, 0.717) is 5.57 Å². The molecule has 0 saturated heterocycles. The highest BCUT2D eigenvalue weighted by Crippen LogP contribution is 2.32. The van der Waals surface area contributed by atoms with Crippen LogP contribution in [-0.2, 0) is 0 Å². The molecule has 0 aliphatic rings. The van der Waals surface area contributed by atoms with Gasteiger partial charge < -0.3 is 9.52 Å². The predicted molar refractivity (Wildman–Crippen MR) is 79.6 cm³/mol. The molecule has 4 nitrogen and oxygen atoms in total. The molecule has 0 aliphatic heterocycles. The normalized spacial score (nSPS) is 12.3. The second-order valence-corrected chi connectivity index (χ2v) is 5.17. The Hall–Kier alpha value is -2.57. The van der Waals surface area contributed by atoms with Gasteiger partial charge in [0.15, 0.2) is 0 Å². The summed E-state index contributed by atoms with van der Waals surface area (Å²) < 4.78 is 44.6. The number of aromatic nitrogens is 2. The molecular weight excluding hydrogens is 309 g/mol. The zero-order valence-corrected chi connectivity index (χ0v) is 12.8. The lowest BCUT2D eigenvalue weighted by Gasteiger charge is -2.07. The average molecular weight is 324 g/mol. The molecular formula is C16H15F3N2O2. The minimum Gasteiger partial charge on any atom is -0.505 e. The van der Waals surface area contributed by atoms with Gasteiger partial charge in [0.25, 0.3) is 0 Å². The quantitative estimate of drug-likeness (QED) is 0.834. The van der Waals surface area contributed by atoms with Crippen molar-refractivity contribution in [1.29, 1.82) is 0 Å². The molecule has 23 heavy (non-hydrogen) atoms. The smallest absolute Gasteiger partial charge is 0.416 e. The fraction of sp³-hybridized carbons (Fsp3) is 0.250. The Labute approximate surface area is 131 Å². The average Bonchev–Trinajstić information content (AvgIpc) is 2.78. The lowest BCUT2D eigenvalue weighted by atomic mass is 10.1. The van der Waals surface area contributed by atoms with E-state index in [1.165, 1.54) is 25.4 Å². The van der Waals surface area contributed by atoms with Crippen molar-refractivity contribution in [1.82, 2.24) is 9.97 Å². The highest BCUT2D eigenvalue weighted by atomic mass is 19.4. The number of pyridine rings is 1. The first-order valence-corrected chi connectivity index (χ1v) is 6.73. The number of allylic oxidation sites excluding steroid dienone is 3. The van der Waals surface area contributed by atoms with Gasteiger partial charge in [-0.05, 0) is 32.9 Å². The first-order chi connectivity index (χ1) is 10.7. The summed E-state index contributed by atoms with van der Waals surface area (Å²) in [4.78, 5) is 7.77. The summed E-state index contributed by atoms with van der Waals surface area (Å²) in [7, 11) is 0. The Balaban J connectivity index is 2.51. The largest absolute Gasteiger partial charge is 0.505 e. The molecule has 122 valence electrons. The van der Waals surface area contributed by atoms with Crippen molar-refractivity contribution in [3.8, 4) is 17.2 Å². The number of nitrogens with zero attached hydrogens (tertiary/aromatic N) is 2. The van der Waals surface area contributed by atoms with Crippen molar-refractivity contribution < 1.29 is 22.7 Å². The topological polar surface area (TPSA) is 59.2 Å². The molecule has 0 bridgehead atoms. The van der Waals surface area contributed by atoms with Crippen LogP contribution in [0.5, 0.6) is 5.75 Å². The lowest BCUT2D eigenvalue weighted by Crippen LogP contribution is -2.10. The summed E-state index contributed by atoms with van der Waals surface area (Å²) in [6.07, 6.45) is 0.0933. The summed E-state index contributed by atoms with van der Waals surface area (Å²) in [5.74, 6) is 0.0946. The van der Waals surface area contributed by atoms with E-state index < -0.39 is 11.7 Å². The summed E-state index contributed by atoms with van der Waals surface area (Å²) >= 11 is 0. The number of hydrogen-bond donors (Lipinski definition) is 1. The number of aromatic hydroxyl groups is 1. The van der Waals surface area contributed by atoms with E-state index in [2.05, 4.69) is 9.97 Å². The van der Waals surface area contributed by atoms with Gasteiger partial charge in [-0.25, -0.2) is 4.98 Å². The van der Waals surface area contributed by atoms with Gasteiger partial charge >= 0.3 is 6.18 Å². The number of alkyl halides is 3. The summed E-state index contributed by atoms with van der Waals surface area (Å²) in [5.41, 5.74) is 0.0145. The second kappa shape index (κ2) is 6.28. The maximum atomic E-state index is 13.1. The maximum absolute atomic E-state index is 13.1. The van der Waals surface area contributed by atoms with Crippen LogP contribution in [0.1, 0.15) is 25.3 Å². The van der Waals surface area contributed by atoms with Gasteiger partial charge in [-0.3, -0.25) is 4.98 Å². The highest BCUT2D eigenvalue weighted by Gasteiger charge is 2.32. The second-order valence-electron chi connectivity index (χ2n) is 5.17. The molecule has 0 unspecified atom stereocenters. The number of oxazole rings is 1. The van der Waals surface area contributed by atoms with Crippen LogP contribution >= 0.6 is 0 Å². The molecule has 2 aromatic rings. The molecule has 0 fully saturated rings. The minimum absolute atomic E-state index is 0.0346. The molecule has 1 N–H and O–H groups in total. The van der Waals surface area contributed by atoms with Crippen LogP contribution in [0.2, 0.25) is 0 Å². The summed E-state index contributed by atoms with van der Waals surface area (Å²) in [6, 6.07) is 1.47. The highest BCUT2D eigenvalue weighted by molar-refractivity contribution is 5.64. The van der Waals surface area contributed by atoms with Crippen LogP contribution in [0.15, 0.2) is 40.1 Å². The Kier molecular flexibility index (Phi) is 4.58. The molecule has 0 saturated carbocycles. The van der Waals surface area contributed by atoms with Crippen molar-refractivity contribution >= 4 is 6.08 Å². The first-order valence-electron chi connectivity index (χ1n) is 6.73. The van der Waals surface area contributed by atoms with Crippen molar-refractivity contribution in [2.24, 2.45) is 0 Å². The number of rotatable bonds is 3. The van der Waals surface area contributed by atoms with Crippen LogP contribution in [0.25, 0.3) is 17.5 Å². The Bertz CT molecular complexity index is 770. The zero-order chi connectivity index (χ0) is 17.2. The zero-order valence-electron chi connectivity index (χ0n) is 12.8. The van der Waals surface area contributed by atoms with Crippen molar-refractivity contribution in [2.45, 2.75) is 26.9 Å². The van der Waals surface area contributed by atoms with Crippen LogP contribution in [0, 0.1) is 6.92 Å². The van der Waals surface area contributed by atoms with Gasteiger partial charge in [-0.2, -0.15) is 13.2 Å². The fourth-order valence-electron chi connectivity index (χ4n) is 1.89. The molecule has 2 aromatic heterocycles. The number of halogens is 3. The molecule has 7 heteroatoms. The third kappa shape index (κ3) is 4.00. The summed E-state index contributed by atoms with van der Waals surface area (Å²) in [6.45, 7) is 4.67. The fourth-order valence-corrected chi connectivity index (χ4v) is 1.89. The Morgan fingerprint density at radius 2 is 2.00 bits per heavy atom. The maximum Gasteiger partial charge on any atom is 0.416 e. The van der Waals surface area contributed by atoms with E-state index in [4.69, 9.17) is 4.42 Å². The Morgan fingerprint density at radius 1 is 1.30 bits per heavy atom. The number of hydrogen-bond acceptors (Lipinski definition) is 4. The van der Waals surface area contributed by atoms with Gasteiger partial charge in [0, 0.05) is 6.20 Å². The summed E-state index contributed by atoms with van der Waals surface area (Å²) in [5, 5.41) is 9.73. The molecule has 0 spiro atoms. The van der Waals surface area contributed by atoms with E-state index in [1.807, 2.05) is 0 Å². The van der Waals surface area contributed by atoms with Gasteiger partial charge in [0.1, 0.15) is 17.2 Å². The number of aryl methyl sites for hydroxylation is 1. The van der Waals surface area contributed by atoms with Gasteiger partial charge in [-0.1, -0.05) is 11.6 Å². The van der Waals surface area contributed by atoms with E-state index >= 15 is 0 Å². The van der Waals surface area contributed by atoms with E-state index in [1.54, 1.807) is 13.8 Å².